The molecule has 0 radical (unpaired) electrons. The second kappa shape index (κ2) is 2.69. The van der Waals surface area contributed by atoms with Gasteiger partial charge in [-0.15, -0.1) is 0 Å². The fraction of sp³-hybridized carbons (Fsp3) is 0.889. The summed E-state index contributed by atoms with van der Waals surface area (Å²) in [5.74, 6) is 0.121. The van der Waals surface area contributed by atoms with Crippen LogP contribution in [-0.2, 0) is 4.79 Å². The average Bonchev–Trinajstić information content (AvgIpc) is 2.79. The van der Waals surface area contributed by atoms with Gasteiger partial charge in [-0.2, -0.15) is 0 Å². The zero-order valence-electron chi connectivity index (χ0n) is 7.73. The van der Waals surface area contributed by atoms with Crippen LogP contribution in [-0.4, -0.2) is 45.8 Å². The molecule has 74 valence electrons. The molecule has 2 N–H and O–H groups in total. The molecule has 13 heavy (non-hydrogen) atoms. The minimum atomic E-state index is -0.941. The Balaban J connectivity index is 1.86. The van der Waals surface area contributed by atoms with Gasteiger partial charge in [0.2, 0.25) is 0 Å². The molecule has 1 aliphatic heterocycles. The van der Waals surface area contributed by atoms with Crippen LogP contribution in [0.5, 0.6) is 0 Å². The van der Waals surface area contributed by atoms with Crippen LogP contribution < -0.4 is 0 Å². The fourth-order valence-electron chi connectivity index (χ4n) is 1.91. The molecule has 0 aromatic rings. The van der Waals surface area contributed by atoms with Gasteiger partial charge in [-0.05, 0) is 25.7 Å². The number of nitrogens with zero attached hydrogens (tertiary/aromatic N) is 1. The quantitative estimate of drug-likeness (QED) is 0.601. The maximum atomic E-state index is 11.2. The standard InChI is InChI=1S/C9H15NO3/c1-6(11)8(12)10-4-9(13,5-10)7-2-3-7/h6-7,11,13H,2-5H2,1H3. The first-order chi connectivity index (χ1) is 6.03. The zero-order valence-corrected chi connectivity index (χ0v) is 7.73. The van der Waals surface area contributed by atoms with Crippen LogP contribution in [0.1, 0.15) is 19.8 Å². The molecule has 4 nitrogen and oxygen atoms in total. The van der Waals surface area contributed by atoms with Crippen molar-refractivity contribution in [2.24, 2.45) is 5.92 Å². The van der Waals surface area contributed by atoms with Gasteiger partial charge in [0.1, 0.15) is 11.7 Å². The number of carbonyl (C=O) groups excluding carboxylic acids is 1. The smallest absolute Gasteiger partial charge is 0.251 e. The summed E-state index contributed by atoms with van der Waals surface area (Å²) in [6.45, 7) is 2.26. The van der Waals surface area contributed by atoms with E-state index < -0.39 is 11.7 Å². The van der Waals surface area contributed by atoms with Crippen molar-refractivity contribution in [3.05, 3.63) is 0 Å². The molecule has 1 unspecified atom stereocenters. The third-order valence-electron chi connectivity index (χ3n) is 2.94. The highest BCUT2D eigenvalue weighted by Gasteiger charge is 2.53. The number of aliphatic hydroxyl groups excluding tert-OH is 1. The zero-order chi connectivity index (χ0) is 9.64. The van der Waals surface area contributed by atoms with E-state index >= 15 is 0 Å². The minimum Gasteiger partial charge on any atom is -0.386 e. The topological polar surface area (TPSA) is 60.8 Å². The van der Waals surface area contributed by atoms with Crippen molar-refractivity contribution in [3.8, 4) is 0 Å². The minimum absolute atomic E-state index is 0.273. The fourth-order valence-corrected chi connectivity index (χ4v) is 1.91. The molecule has 2 aliphatic rings. The number of hydrogen-bond donors (Lipinski definition) is 2. The molecular weight excluding hydrogens is 170 g/mol. The summed E-state index contributed by atoms with van der Waals surface area (Å²) in [7, 11) is 0. The average molecular weight is 185 g/mol. The van der Waals surface area contributed by atoms with Crippen LogP contribution in [0.2, 0.25) is 0 Å². The first-order valence-corrected chi connectivity index (χ1v) is 4.72. The Bertz CT molecular complexity index is 229. The molecular formula is C9H15NO3. The number of hydrogen-bond acceptors (Lipinski definition) is 3. The van der Waals surface area contributed by atoms with Crippen molar-refractivity contribution >= 4 is 5.91 Å². The number of aliphatic hydroxyl groups is 2. The highest BCUT2D eigenvalue weighted by atomic mass is 16.3. The van der Waals surface area contributed by atoms with E-state index in [9.17, 15) is 9.90 Å². The second-order valence-corrected chi connectivity index (χ2v) is 4.25. The molecule has 1 heterocycles. The van der Waals surface area contributed by atoms with E-state index in [0.717, 1.165) is 12.8 Å². The molecule has 1 atom stereocenters. The molecule has 2 rings (SSSR count). The normalized spacial score (nSPS) is 28.1. The van der Waals surface area contributed by atoms with E-state index in [-0.39, 0.29) is 5.91 Å². The molecule has 4 heteroatoms. The molecule has 0 bridgehead atoms. The second-order valence-electron chi connectivity index (χ2n) is 4.25. The lowest BCUT2D eigenvalue weighted by Crippen LogP contribution is -2.66. The largest absolute Gasteiger partial charge is 0.386 e. The highest BCUT2D eigenvalue weighted by molar-refractivity contribution is 5.81. The van der Waals surface area contributed by atoms with Gasteiger partial charge >= 0.3 is 0 Å². The molecule has 1 amide bonds. The van der Waals surface area contributed by atoms with Gasteiger partial charge in [0.25, 0.3) is 5.91 Å². The summed E-state index contributed by atoms with van der Waals surface area (Å²) in [5.41, 5.74) is -0.634. The summed E-state index contributed by atoms with van der Waals surface area (Å²) in [4.78, 5) is 12.7. The number of likely N-dealkylation sites (tertiary alicyclic amines) is 1. The summed E-state index contributed by atoms with van der Waals surface area (Å²) in [6, 6.07) is 0. The maximum absolute atomic E-state index is 11.2. The molecule has 1 saturated carbocycles. The first-order valence-electron chi connectivity index (χ1n) is 4.72. The molecule has 0 aromatic carbocycles. The van der Waals surface area contributed by atoms with E-state index in [4.69, 9.17) is 5.11 Å². The van der Waals surface area contributed by atoms with Crippen LogP contribution in [0, 0.1) is 5.92 Å². The Morgan fingerprint density at radius 3 is 2.46 bits per heavy atom. The Morgan fingerprint density at radius 1 is 1.54 bits per heavy atom. The van der Waals surface area contributed by atoms with Crippen LogP contribution in [0.15, 0.2) is 0 Å². The van der Waals surface area contributed by atoms with E-state index in [0.29, 0.717) is 19.0 Å². The number of rotatable bonds is 2. The number of carbonyl (C=O) groups is 1. The lowest BCUT2D eigenvalue weighted by Gasteiger charge is -2.47. The molecule has 0 aromatic heterocycles. The summed E-state index contributed by atoms with van der Waals surface area (Å²) >= 11 is 0. The SMILES string of the molecule is CC(O)C(=O)N1CC(O)(C2CC2)C1. The molecule has 1 aliphatic carbocycles. The summed E-state index contributed by atoms with van der Waals surface area (Å²) in [5, 5.41) is 18.9. The molecule has 0 spiro atoms. The van der Waals surface area contributed by atoms with Crippen LogP contribution in [0.3, 0.4) is 0 Å². The Morgan fingerprint density at radius 2 is 2.08 bits per heavy atom. The van der Waals surface area contributed by atoms with Crippen molar-refractivity contribution in [2.75, 3.05) is 13.1 Å². The van der Waals surface area contributed by atoms with Crippen molar-refractivity contribution in [1.82, 2.24) is 4.90 Å². The van der Waals surface area contributed by atoms with E-state index in [1.54, 1.807) is 0 Å². The summed E-state index contributed by atoms with van der Waals surface area (Å²) < 4.78 is 0. The van der Waals surface area contributed by atoms with E-state index in [1.807, 2.05) is 0 Å². The van der Waals surface area contributed by atoms with Crippen LogP contribution in [0.4, 0.5) is 0 Å². The van der Waals surface area contributed by atoms with Crippen LogP contribution >= 0.6 is 0 Å². The Labute approximate surface area is 77.2 Å². The summed E-state index contributed by atoms with van der Waals surface area (Å²) in [6.07, 6.45) is 1.21. The Hall–Kier alpha value is -0.610. The van der Waals surface area contributed by atoms with E-state index in [2.05, 4.69) is 0 Å². The predicted octanol–water partition coefficient (Wildman–Crippen LogP) is -0.650. The van der Waals surface area contributed by atoms with Gasteiger partial charge in [0.05, 0.1) is 13.1 Å². The van der Waals surface area contributed by atoms with Gasteiger partial charge in [-0.25, -0.2) is 0 Å². The lowest BCUT2D eigenvalue weighted by molar-refractivity contribution is -0.166. The molecule has 1 saturated heterocycles. The van der Waals surface area contributed by atoms with Crippen molar-refractivity contribution in [2.45, 2.75) is 31.5 Å². The lowest BCUT2D eigenvalue weighted by atomic mass is 9.88. The van der Waals surface area contributed by atoms with Gasteiger partial charge < -0.3 is 15.1 Å². The number of β-amino-alcohol motifs (C(OH)–C–C–N with tert-alkyl or cyclic N) is 1. The molecule has 2 fully saturated rings. The third-order valence-corrected chi connectivity index (χ3v) is 2.94. The van der Waals surface area contributed by atoms with Crippen LogP contribution in [0.25, 0.3) is 0 Å². The van der Waals surface area contributed by atoms with E-state index in [1.165, 1.54) is 11.8 Å². The maximum Gasteiger partial charge on any atom is 0.251 e. The first kappa shape index (κ1) is 8.97. The monoisotopic (exact) mass is 185 g/mol. The van der Waals surface area contributed by atoms with Gasteiger partial charge in [0, 0.05) is 0 Å². The predicted molar refractivity (Wildman–Crippen MR) is 45.9 cm³/mol. The van der Waals surface area contributed by atoms with Crippen molar-refractivity contribution in [3.63, 3.8) is 0 Å². The van der Waals surface area contributed by atoms with Gasteiger partial charge in [0.15, 0.2) is 0 Å². The number of amides is 1. The Kier molecular flexibility index (Phi) is 1.85. The third kappa shape index (κ3) is 1.44. The van der Waals surface area contributed by atoms with Crippen molar-refractivity contribution < 1.29 is 15.0 Å². The van der Waals surface area contributed by atoms with Gasteiger partial charge in [-0.3, -0.25) is 4.79 Å². The highest BCUT2D eigenvalue weighted by Crippen LogP contribution is 2.44. The van der Waals surface area contributed by atoms with Gasteiger partial charge in [-0.1, -0.05) is 0 Å². The van der Waals surface area contributed by atoms with Crippen molar-refractivity contribution in [1.29, 1.82) is 0 Å².